The van der Waals surface area contributed by atoms with E-state index >= 15 is 0 Å². The van der Waals surface area contributed by atoms with Crippen molar-refractivity contribution in [3.8, 4) is 0 Å². The molecule has 0 N–H and O–H groups in total. The van der Waals surface area contributed by atoms with Crippen molar-refractivity contribution in [1.82, 2.24) is 9.88 Å². The first-order valence-electron chi connectivity index (χ1n) is 6.21. The number of alkyl halides is 1. The van der Waals surface area contributed by atoms with E-state index in [4.69, 9.17) is 16.3 Å². The van der Waals surface area contributed by atoms with Crippen molar-refractivity contribution in [2.24, 2.45) is 0 Å². The fourth-order valence-corrected chi connectivity index (χ4v) is 3.80. The predicted octanol–water partition coefficient (Wildman–Crippen LogP) is 3.27. The van der Waals surface area contributed by atoms with Gasteiger partial charge in [-0.25, -0.2) is 4.98 Å². The lowest BCUT2D eigenvalue weighted by Crippen LogP contribution is -2.56. The summed E-state index contributed by atoms with van der Waals surface area (Å²) in [4.78, 5) is 6.94. The molecule has 102 valence electrons. The molecule has 1 aromatic rings. The van der Waals surface area contributed by atoms with Crippen LogP contribution in [0.25, 0.3) is 0 Å². The molecular weight excluding hydrogens is 268 g/mol. The Kier molecular flexibility index (Phi) is 4.02. The maximum Gasteiger partial charge on any atom is 0.107 e. The van der Waals surface area contributed by atoms with Gasteiger partial charge < -0.3 is 4.74 Å². The fraction of sp³-hybridized carbons (Fsp3) is 0.769. The molecule has 5 heteroatoms. The molecule has 0 aliphatic carbocycles. The van der Waals surface area contributed by atoms with Crippen LogP contribution in [0.1, 0.15) is 38.4 Å². The van der Waals surface area contributed by atoms with Crippen LogP contribution in [0.3, 0.4) is 0 Å². The zero-order valence-corrected chi connectivity index (χ0v) is 13.1. The Morgan fingerprint density at radius 2 is 1.94 bits per heavy atom. The summed E-state index contributed by atoms with van der Waals surface area (Å²) in [6.07, 6.45) is 0. The molecule has 0 radical (unpaired) electrons. The molecule has 1 aromatic heterocycles. The number of aromatic nitrogens is 1. The van der Waals surface area contributed by atoms with Crippen molar-refractivity contribution >= 4 is 22.9 Å². The van der Waals surface area contributed by atoms with Gasteiger partial charge in [-0.3, -0.25) is 4.90 Å². The van der Waals surface area contributed by atoms with Crippen LogP contribution in [0.5, 0.6) is 0 Å². The van der Waals surface area contributed by atoms with E-state index in [0.717, 1.165) is 30.3 Å². The van der Waals surface area contributed by atoms with E-state index in [9.17, 15) is 0 Å². The zero-order chi connectivity index (χ0) is 13.4. The normalized spacial score (nSPS) is 23.2. The second-order valence-corrected chi connectivity index (χ2v) is 7.34. The van der Waals surface area contributed by atoms with Gasteiger partial charge in [0, 0.05) is 18.5 Å². The van der Waals surface area contributed by atoms with Gasteiger partial charge in [-0.05, 0) is 27.7 Å². The molecule has 1 fully saturated rings. The first-order chi connectivity index (χ1) is 8.30. The number of rotatable bonds is 3. The summed E-state index contributed by atoms with van der Waals surface area (Å²) < 4.78 is 6.08. The molecule has 1 saturated heterocycles. The van der Waals surface area contributed by atoms with Crippen molar-refractivity contribution in [3.63, 3.8) is 0 Å². The van der Waals surface area contributed by atoms with E-state index in [-0.39, 0.29) is 11.2 Å². The molecule has 0 aromatic carbocycles. The van der Waals surface area contributed by atoms with Crippen LogP contribution >= 0.6 is 22.9 Å². The van der Waals surface area contributed by atoms with Crippen LogP contribution < -0.4 is 0 Å². The molecular formula is C13H21ClN2OS. The van der Waals surface area contributed by atoms with E-state index in [1.807, 2.05) is 5.38 Å². The van der Waals surface area contributed by atoms with Crippen molar-refractivity contribution < 1.29 is 4.74 Å². The highest BCUT2D eigenvalue weighted by Crippen LogP contribution is 2.29. The first-order valence-corrected chi connectivity index (χ1v) is 7.63. The Hall–Kier alpha value is -0.160. The average molecular weight is 289 g/mol. The van der Waals surface area contributed by atoms with E-state index in [2.05, 4.69) is 37.6 Å². The Morgan fingerprint density at radius 1 is 1.33 bits per heavy atom. The summed E-state index contributed by atoms with van der Waals surface area (Å²) in [5.74, 6) is 0.497. The van der Waals surface area contributed by atoms with Crippen molar-refractivity contribution in [2.45, 2.75) is 51.3 Å². The number of ether oxygens (including phenoxy) is 1. The van der Waals surface area contributed by atoms with Gasteiger partial charge in [-0.2, -0.15) is 0 Å². The lowest BCUT2D eigenvalue weighted by Gasteiger charge is -2.47. The molecule has 0 spiro atoms. The maximum absolute atomic E-state index is 6.08. The molecule has 2 heterocycles. The summed E-state index contributed by atoms with van der Waals surface area (Å²) in [7, 11) is 0. The standard InChI is InChI=1S/C13H21ClN2OS/c1-12(2)8-16(9-13(3,4)17-12)6-11-15-10(5-14)7-18-11/h7H,5-6,8-9H2,1-4H3. The second-order valence-electron chi connectivity index (χ2n) is 6.13. The van der Waals surface area contributed by atoms with Gasteiger partial charge in [0.05, 0.1) is 29.3 Å². The van der Waals surface area contributed by atoms with Gasteiger partial charge in [-0.1, -0.05) is 0 Å². The molecule has 3 nitrogen and oxygen atoms in total. The summed E-state index contributed by atoms with van der Waals surface area (Å²) >= 11 is 7.47. The predicted molar refractivity (Wildman–Crippen MR) is 76.2 cm³/mol. The third kappa shape index (κ3) is 3.67. The third-order valence-corrected chi connectivity index (χ3v) is 4.01. The van der Waals surface area contributed by atoms with Crippen molar-refractivity contribution in [3.05, 3.63) is 16.1 Å². The lowest BCUT2D eigenvalue weighted by atomic mass is 9.99. The van der Waals surface area contributed by atoms with Crippen LogP contribution in [0.2, 0.25) is 0 Å². The van der Waals surface area contributed by atoms with E-state index in [1.54, 1.807) is 11.3 Å². The quantitative estimate of drug-likeness (QED) is 0.798. The number of thiazole rings is 1. The summed E-state index contributed by atoms with van der Waals surface area (Å²) in [5.41, 5.74) is 0.770. The van der Waals surface area contributed by atoms with Gasteiger partial charge in [0.2, 0.25) is 0 Å². The van der Waals surface area contributed by atoms with E-state index in [1.165, 1.54) is 0 Å². The molecule has 0 atom stereocenters. The number of halogens is 1. The highest BCUT2D eigenvalue weighted by molar-refractivity contribution is 7.09. The van der Waals surface area contributed by atoms with E-state index in [0.29, 0.717) is 5.88 Å². The number of hydrogen-bond donors (Lipinski definition) is 0. The van der Waals surface area contributed by atoms with Crippen LogP contribution in [0.15, 0.2) is 5.38 Å². The average Bonchev–Trinajstić information content (AvgIpc) is 2.60. The van der Waals surface area contributed by atoms with Crippen LogP contribution in [0.4, 0.5) is 0 Å². The summed E-state index contributed by atoms with van der Waals surface area (Å²) in [6, 6.07) is 0. The topological polar surface area (TPSA) is 25.4 Å². The lowest BCUT2D eigenvalue weighted by molar-refractivity contribution is -0.182. The zero-order valence-electron chi connectivity index (χ0n) is 11.5. The van der Waals surface area contributed by atoms with Crippen LogP contribution in [0, 0.1) is 0 Å². The third-order valence-electron chi connectivity index (χ3n) is 2.86. The van der Waals surface area contributed by atoms with Gasteiger partial charge >= 0.3 is 0 Å². The Balaban J connectivity index is 2.04. The van der Waals surface area contributed by atoms with Gasteiger partial charge in [-0.15, -0.1) is 22.9 Å². The molecule has 0 amide bonds. The second kappa shape index (κ2) is 5.08. The van der Waals surface area contributed by atoms with Crippen molar-refractivity contribution in [1.29, 1.82) is 0 Å². The Bertz CT molecular complexity index is 401. The minimum atomic E-state index is -0.103. The van der Waals surface area contributed by atoms with Gasteiger partial charge in [0.1, 0.15) is 5.01 Å². The molecule has 0 saturated carbocycles. The number of hydrogen-bond acceptors (Lipinski definition) is 4. The SMILES string of the molecule is CC1(C)CN(Cc2nc(CCl)cs2)CC(C)(C)O1. The summed E-state index contributed by atoms with van der Waals surface area (Å²) in [5, 5.41) is 3.18. The molecule has 0 bridgehead atoms. The highest BCUT2D eigenvalue weighted by Gasteiger charge is 2.38. The summed E-state index contributed by atoms with van der Waals surface area (Å²) in [6.45, 7) is 11.3. The first kappa shape index (κ1) is 14.3. The molecule has 0 unspecified atom stereocenters. The molecule has 2 rings (SSSR count). The van der Waals surface area contributed by atoms with Gasteiger partial charge in [0.15, 0.2) is 0 Å². The highest BCUT2D eigenvalue weighted by atomic mass is 35.5. The number of nitrogens with zero attached hydrogens (tertiary/aromatic N) is 2. The van der Waals surface area contributed by atoms with Crippen LogP contribution in [-0.4, -0.2) is 34.2 Å². The smallest absolute Gasteiger partial charge is 0.107 e. The van der Waals surface area contributed by atoms with Crippen LogP contribution in [-0.2, 0) is 17.2 Å². The molecule has 1 aliphatic rings. The monoisotopic (exact) mass is 288 g/mol. The van der Waals surface area contributed by atoms with Gasteiger partial charge in [0.25, 0.3) is 0 Å². The minimum absolute atomic E-state index is 0.103. The molecule has 1 aliphatic heterocycles. The number of morpholine rings is 1. The Morgan fingerprint density at radius 3 is 2.44 bits per heavy atom. The maximum atomic E-state index is 6.08. The molecule has 18 heavy (non-hydrogen) atoms. The Labute approximate surface area is 118 Å². The van der Waals surface area contributed by atoms with Crippen molar-refractivity contribution in [2.75, 3.05) is 13.1 Å². The van der Waals surface area contributed by atoms with E-state index < -0.39 is 0 Å². The minimum Gasteiger partial charge on any atom is -0.367 e. The fourth-order valence-electron chi connectivity index (χ4n) is 2.73. The largest absolute Gasteiger partial charge is 0.367 e.